The summed E-state index contributed by atoms with van der Waals surface area (Å²) in [6.07, 6.45) is 3.78. The number of nitrogens with two attached hydrogens (primary N) is 1. The maximum atomic E-state index is 11.6. The smallest absolute Gasteiger partial charge is 0.220 e. The van der Waals surface area contributed by atoms with Gasteiger partial charge in [-0.05, 0) is 42.4 Å². The Labute approximate surface area is 102 Å². The summed E-state index contributed by atoms with van der Waals surface area (Å²) in [4.78, 5) is 11.6. The van der Waals surface area contributed by atoms with Gasteiger partial charge in [-0.25, -0.2) is 0 Å². The molecule has 17 heavy (non-hydrogen) atoms. The molecule has 0 spiro atoms. The van der Waals surface area contributed by atoms with E-state index in [1.54, 1.807) is 0 Å². The van der Waals surface area contributed by atoms with E-state index >= 15 is 0 Å². The van der Waals surface area contributed by atoms with Gasteiger partial charge in [0.25, 0.3) is 0 Å². The topological polar surface area (TPSA) is 55.1 Å². The van der Waals surface area contributed by atoms with E-state index in [4.69, 9.17) is 5.73 Å². The SMILES string of the molecule is CC1(CNC(=O)CCc2cccc(N)c2)CC1. The van der Waals surface area contributed by atoms with Crippen LogP contribution in [0.15, 0.2) is 24.3 Å². The van der Waals surface area contributed by atoms with Crippen molar-refractivity contribution in [2.75, 3.05) is 12.3 Å². The third-order valence-electron chi connectivity index (χ3n) is 3.41. The summed E-state index contributed by atoms with van der Waals surface area (Å²) in [5.74, 6) is 0.139. The third-order valence-corrected chi connectivity index (χ3v) is 3.41. The average molecular weight is 232 g/mol. The molecule has 0 aliphatic heterocycles. The first-order valence-electron chi connectivity index (χ1n) is 6.19. The fourth-order valence-electron chi connectivity index (χ4n) is 1.80. The molecule has 1 aromatic carbocycles. The summed E-state index contributed by atoms with van der Waals surface area (Å²) in [5.41, 5.74) is 7.95. The number of nitrogens with one attached hydrogen (secondary N) is 1. The van der Waals surface area contributed by atoms with Crippen molar-refractivity contribution in [3.63, 3.8) is 0 Å². The number of anilines is 1. The second-order valence-electron chi connectivity index (χ2n) is 5.33. The Balaban J connectivity index is 1.72. The quantitative estimate of drug-likeness (QED) is 0.764. The van der Waals surface area contributed by atoms with E-state index in [0.29, 0.717) is 11.8 Å². The van der Waals surface area contributed by atoms with Crippen LogP contribution in [0.25, 0.3) is 0 Å². The molecule has 0 radical (unpaired) electrons. The highest BCUT2D eigenvalue weighted by Gasteiger charge is 2.37. The second kappa shape index (κ2) is 4.78. The van der Waals surface area contributed by atoms with Gasteiger partial charge in [0.1, 0.15) is 0 Å². The summed E-state index contributed by atoms with van der Waals surface area (Å²) in [7, 11) is 0. The minimum absolute atomic E-state index is 0.139. The van der Waals surface area contributed by atoms with Crippen molar-refractivity contribution in [1.82, 2.24) is 5.32 Å². The molecule has 2 rings (SSSR count). The summed E-state index contributed by atoms with van der Waals surface area (Å²) in [6.45, 7) is 3.04. The second-order valence-corrected chi connectivity index (χ2v) is 5.33. The Morgan fingerprint density at radius 2 is 2.24 bits per heavy atom. The van der Waals surface area contributed by atoms with Crippen LogP contribution in [0.2, 0.25) is 0 Å². The van der Waals surface area contributed by atoms with Gasteiger partial charge in [-0.2, -0.15) is 0 Å². The van der Waals surface area contributed by atoms with Crippen molar-refractivity contribution >= 4 is 11.6 Å². The number of hydrogen-bond donors (Lipinski definition) is 2. The van der Waals surface area contributed by atoms with Gasteiger partial charge in [0.05, 0.1) is 0 Å². The molecule has 0 saturated heterocycles. The molecule has 1 aromatic rings. The van der Waals surface area contributed by atoms with Crippen molar-refractivity contribution in [2.45, 2.75) is 32.6 Å². The first-order chi connectivity index (χ1) is 8.07. The maximum Gasteiger partial charge on any atom is 0.220 e. The van der Waals surface area contributed by atoms with Crippen molar-refractivity contribution in [3.8, 4) is 0 Å². The van der Waals surface area contributed by atoms with Gasteiger partial charge in [-0.3, -0.25) is 4.79 Å². The predicted octanol–water partition coefficient (Wildman–Crippen LogP) is 2.12. The molecule has 0 bridgehead atoms. The Bertz CT molecular complexity index is 410. The van der Waals surface area contributed by atoms with E-state index in [0.717, 1.165) is 24.2 Å². The lowest BCUT2D eigenvalue weighted by Crippen LogP contribution is -2.29. The van der Waals surface area contributed by atoms with Crippen LogP contribution in [0.5, 0.6) is 0 Å². The minimum atomic E-state index is 0.139. The summed E-state index contributed by atoms with van der Waals surface area (Å²) in [6, 6.07) is 7.71. The Hall–Kier alpha value is -1.51. The fraction of sp³-hybridized carbons (Fsp3) is 0.500. The zero-order chi connectivity index (χ0) is 12.3. The van der Waals surface area contributed by atoms with E-state index < -0.39 is 0 Å². The highest BCUT2D eigenvalue weighted by atomic mass is 16.1. The van der Waals surface area contributed by atoms with E-state index in [9.17, 15) is 4.79 Å². The largest absolute Gasteiger partial charge is 0.399 e. The molecule has 3 N–H and O–H groups in total. The van der Waals surface area contributed by atoms with Crippen molar-refractivity contribution < 1.29 is 4.79 Å². The molecular formula is C14H20N2O. The van der Waals surface area contributed by atoms with E-state index in [-0.39, 0.29) is 5.91 Å². The highest BCUT2D eigenvalue weighted by molar-refractivity contribution is 5.76. The van der Waals surface area contributed by atoms with Crippen LogP contribution in [-0.4, -0.2) is 12.5 Å². The number of aryl methyl sites for hydroxylation is 1. The molecule has 0 aromatic heterocycles. The van der Waals surface area contributed by atoms with Gasteiger partial charge in [0.2, 0.25) is 5.91 Å². The molecule has 0 unspecified atom stereocenters. The molecule has 1 aliphatic carbocycles. The van der Waals surface area contributed by atoms with Crippen molar-refractivity contribution in [3.05, 3.63) is 29.8 Å². The number of nitrogen functional groups attached to an aromatic ring is 1. The minimum Gasteiger partial charge on any atom is -0.399 e. The highest BCUT2D eigenvalue weighted by Crippen LogP contribution is 2.43. The number of hydrogen-bond acceptors (Lipinski definition) is 2. The molecule has 1 fully saturated rings. The van der Waals surface area contributed by atoms with Gasteiger partial charge in [-0.1, -0.05) is 19.1 Å². The van der Waals surface area contributed by atoms with Gasteiger partial charge in [0.15, 0.2) is 0 Å². The lowest BCUT2D eigenvalue weighted by atomic mass is 10.1. The van der Waals surface area contributed by atoms with Crippen molar-refractivity contribution in [2.24, 2.45) is 5.41 Å². The average Bonchev–Trinajstić information content (AvgIpc) is 3.03. The molecule has 1 saturated carbocycles. The van der Waals surface area contributed by atoms with E-state index in [1.807, 2.05) is 24.3 Å². The lowest BCUT2D eigenvalue weighted by molar-refractivity contribution is -0.121. The van der Waals surface area contributed by atoms with Crippen LogP contribution in [0, 0.1) is 5.41 Å². The Morgan fingerprint density at radius 3 is 2.88 bits per heavy atom. The van der Waals surface area contributed by atoms with E-state index in [2.05, 4.69) is 12.2 Å². The number of carbonyl (C=O) groups is 1. The lowest BCUT2D eigenvalue weighted by Gasteiger charge is -2.10. The zero-order valence-corrected chi connectivity index (χ0v) is 10.3. The molecule has 1 aliphatic rings. The summed E-state index contributed by atoms with van der Waals surface area (Å²) >= 11 is 0. The van der Waals surface area contributed by atoms with Crippen LogP contribution in [0.3, 0.4) is 0 Å². The summed E-state index contributed by atoms with van der Waals surface area (Å²) < 4.78 is 0. The maximum absolute atomic E-state index is 11.6. The number of carbonyl (C=O) groups excluding carboxylic acids is 1. The van der Waals surface area contributed by atoms with E-state index in [1.165, 1.54) is 12.8 Å². The van der Waals surface area contributed by atoms with Crippen LogP contribution in [-0.2, 0) is 11.2 Å². The molecule has 0 heterocycles. The monoisotopic (exact) mass is 232 g/mol. The number of rotatable bonds is 5. The predicted molar refractivity (Wildman–Crippen MR) is 69.5 cm³/mol. The van der Waals surface area contributed by atoms with Gasteiger partial charge in [-0.15, -0.1) is 0 Å². The summed E-state index contributed by atoms with van der Waals surface area (Å²) in [5, 5.41) is 3.00. The van der Waals surface area contributed by atoms with Gasteiger partial charge in [0, 0.05) is 18.7 Å². The van der Waals surface area contributed by atoms with Crippen molar-refractivity contribution in [1.29, 1.82) is 0 Å². The van der Waals surface area contributed by atoms with Crippen LogP contribution in [0.4, 0.5) is 5.69 Å². The zero-order valence-electron chi connectivity index (χ0n) is 10.3. The number of amides is 1. The molecular weight excluding hydrogens is 212 g/mol. The molecule has 3 nitrogen and oxygen atoms in total. The van der Waals surface area contributed by atoms with Gasteiger partial charge < -0.3 is 11.1 Å². The van der Waals surface area contributed by atoms with Gasteiger partial charge >= 0.3 is 0 Å². The molecule has 92 valence electrons. The first kappa shape index (κ1) is 12.0. The molecule has 0 atom stereocenters. The van der Waals surface area contributed by atoms with Crippen LogP contribution >= 0.6 is 0 Å². The third kappa shape index (κ3) is 3.77. The Morgan fingerprint density at radius 1 is 1.47 bits per heavy atom. The van der Waals surface area contributed by atoms with Crippen LogP contribution < -0.4 is 11.1 Å². The first-order valence-corrected chi connectivity index (χ1v) is 6.19. The normalized spacial score (nSPS) is 16.5. The molecule has 1 amide bonds. The molecule has 3 heteroatoms. The fourth-order valence-corrected chi connectivity index (χ4v) is 1.80. The van der Waals surface area contributed by atoms with Crippen LogP contribution in [0.1, 0.15) is 31.7 Å². The Kier molecular flexibility index (Phi) is 3.36. The number of benzene rings is 1. The standard InChI is InChI=1S/C14H20N2O/c1-14(7-8-14)10-16-13(17)6-5-11-3-2-4-12(15)9-11/h2-4,9H,5-8,10,15H2,1H3,(H,16,17).